The fourth-order valence-corrected chi connectivity index (χ4v) is 1.67. The highest BCUT2D eigenvalue weighted by Gasteiger charge is 2.35. The predicted molar refractivity (Wildman–Crippen MR) is 58.0 cm³/mol. The van der Waals surface area contributed by atoms with Gasteiger partial charge in [-0.3, -0.25) is 4.79 Å². The number of aliphatic carboxylic acids is 1. The van der Waals surface area contributed by atoms with Gasteiger partial charge in [0, 0.05) is 6.61 Å². The molecule has 5 nitrogen and oxygen atoms in total. The van der Waals surface area contributed by atoms with E-state index in [1.165, 1.54) is 0 Å². The molecule has 0 aliphatic carbocycles. The van der Waals surface area contributed by atoms with Gasteiger partial charge in [-0.2, -0.15) is 0 Å². The molecule has 0 spiro atoms. The highest BCUT2D eigenvalue weighted by atomic mass is 16.5. The maximum absolute atomic E-state index is 11.7. The van der Waals surface area contributed by atoms with E-state index in [9.17, 15) is 9.59 Å². The van der Waals surface area contributed by atoms with E-state index in [4.69, 9.17) is 9.84 Å². The molecule has 5 heteroatoms. The molecule has 1 rings (SSSR count). The lowest BCUT2D eigenvalue weighted by Crippen LogP contribution is -2.51. The summed E-state index contributed by atoms with van der Waals surface area (Å²) in [4.78, 5) is 22.7. The topological polar surface area (TPSA) is 75.6 Å². The summed E-state index contributed by atoms with van der Waals surface area (Å²) in [6, 6.07) is -0.885. The summed E-state index contributed by atoms with van der Waals surface area (Å²) in [6.07, 6.45) is 1.04. The Kier molecular flexibility index (Phi) is 3.91. The number of carbonyl (C=O) groups excluding carboxylic acids is 1. The number of hydrogen-bond donors (Lipinski definition) is 2. The molecular formula is C11H19NO4. The number of amides is 1. The normalized spacial score (nSPS) is 22.8. The fourth-order valence-electron chi connectivity index (χ4n) is 1.67. The van der Waals surface area contributed by atoms with Crippen molar-refractivity contribution in [3.8, 4) is 0 Å². The van der Waals surface area contributed by atoms with Gasteiger partial charge in [0.1, 0.15) is 12.1 Å². The summed E-state index contributed by atoms with van der Waals surface area (Å²) in [7, 11) is 0. The molecule has 2 unspecified atom stereocenters. The zero-order valence-electron chi connectivity index (χ0n) is 9.95. The van der Waals surface area contributed by atoms with E-state index in [2.05, 4.69) is 5.32 Å². The van der Waals surface area contributed by atoms with Crippen LogP contribution in [0, 0.1) is 5.41 Å². The minimum Gasteiger partial charge on any atom is -0.480 e. The van der Waals surface area contributed by atoms with Gasteiger partial charge in [0.15, 0.2) is 0 Å². The molecule has 0 aromatic rings. The van der Waals surface area contributed by atoms with Crippen LogP contribution in [0.25, 0.3) is 0 Å². The first-order valence-corrected chi connectivity index (χ1v) is 5.47. The van der Waals surface area contributed by atoms with Gasteiger partial charge in [0.2, 0.25) is 5.91 Å². The van der Waals surface area contributed by atoms with Crippen LogP contribution in [0.15, 0.2) is 0 Å². The van der Waals surface area contributed by atoms with Crippen LogP contribution >= 0.6 is 0 Å². The van der Waals surface area contributed by atoms with Crippen molar-refractivity contribution in [3.05, 3.63) is 0 Å². The molecular weight excluding hydrogens is 210 g/mol. The van der Waals surface area contributed by atoms with Crippen LogP contribution in [0.2, 0.25) is 0 Å². The first-order chi connectivity index (χ1) is 7.32. The lowest BCUT2D eigenvalue weighted by Gasteiger charge is -2.28. The van der Waals surface area contributed by atoms with Gasteiger partial charge in [0.25, 0.3) is 0 Å². The average Bonchev–Trinajstić information content (AvgIpc) is 2.63. The number of carboxylic acids is 1. The molecule has 0 bridgehead atoms. The lowest BCUT2D eigenvalue weighted by atomic mass is 9.86. The lowest BCUT2D eigenvalue weighted by molar-refractivity contribution is -0.146. The summed E-state index contributed by atoms with van der Waals surface area (Å²) < 4.78 is 5.20. The second-order valence-electron chi connectivity index (χ2n) is 5.15. The third kappa shape index (κ3) is 3.20. The predicted octanol–water partition coefficient (Wildman–Crippen LogP) is 0.781. The van der Waals surface area contributed by atoms with Crippen LogP contribution in [0.1, 0.15) is 33.6 Å². The largest absolute Gasteiger partial charge is 0.480 e. The number of carboxylic acid groups (broad SMARTS) is 1. The smallest absolute Gasteiger partial charge is 0.326 e. The summed E-state index contributed by atoms with van der Waals surface area (Å²) in [5, 5.41) is 11.6. The van der Waals surface area contributed by atoms with Gasteiger partial charge < -0.3 is 15.2 Å². The van der Waals surface area contributed by atoms with E-state index >= 15 is 0 Å². The average molecular weight is 229 g/mol. The van der Waals surface area contributed by atoms with Crippen molar-refractivity contribution < 1.29 is 19.4 Å². The van der Waals surface area contributed by atoms with Gasteiger partial charge in [0.05, 0.1) is 0 Å². The Bertz CT molecular complexity index is 276. The van der Waals surface area contributed by atoms with Gasteiger partial charge in [-0.1, -0.05) is 20.8 Å². The Morgan fingerprint density at radius 2 is 2.06 bits per heavy atom. The Morgan fingerprint density at radius 1 is 1.44 bits per heavy atom. The SMILES string of the molecule is CC(C)(C)C(NC(=O)C1CCCO1)C(=O)O. The minimum absolute atomic E-state index is 0.320. The minimum atomic E-state index is -1.01. The summed E-state index contributed by atoms with van der Waals surface area (Å²) in [5.41, 5.74) is -0.514. The van der Waals surface area contributed by atoms with Crippen molar-refractivity contribution in [1.29, 1.82) is 0 Å². The standard InChI is InChI=1S/C11H19NO4/c1-11(2,3)8(10(14)15)12-9(13)7-5-4-6-16-7/h7-8H,4-6H2,1-3H3,(H,12,13)(H,14,15). The van der Waals surface area contributed by atoms with Gasteiger partial charge in [-0.05, 0) is 18.3 Å². The molecule has 1 aliphatic rings. The first kappa shape index (κ1) is 13.0. The van der Waals surface area contributed by atoms with E-state index < -0.39 is 23.5 Å². The molecule has 92 valence electrons. The van der Waals surface area contributed by atoms with Crippen LogP contribution in [0.5, 0.6) is 0 Å². The second kappa shape index (κ2) is 4.82. The molecule has 16 heavy (non-hydrogen) atoms. The Morgan fingerprint density at radius 3 is 2.44 bits per heavy atom. The zero-order valence-corrected chi connectivity index (χ0v) is 9.95. The molecule has 0 aromatic heterocycles. The Balaban J connectivity index is 2.61. The zero-order chi connectivity index (χ0) is 12.3. The molecule has 1 aliphatic heterocycles. The van der Waals surface area contributed by atoms with E-state index in [-0.39, 0.29) is 5.91 Å². The molecule has 2 atom stereocenters. The molecule has 1 fully saturated rings. The molecule has 2 N–H and O–H groups in total. The highest BCUT2D eigenvalue weighted by molar-refractivity contribution is 5.86. The summed E-state index contributed by atoms with van der Waals surface area (Å²) >= 11 is 0. The second-order valence-corrected chi connectivity index (χ2v) is 5.15. The van der Waals surface area contributed by atoms with Crippen molar-refractivity contribution in [2.24, 2.45) is 5.41 Å². The van der Waals surface area contributed by atoms with Gasteiger partial charge in [-0.25, -0.2) is 4.79 Å². The van der Waals surface area contributed by atoms with E-state index in [1.54, 1.807) is 20.8 Å². The molecule has 1 saturated heterocycles. The number of hydrogen-bond acceptors (Lipinski definition) is 3. The Labute approximate surface area is 95.2 Å². The third-order valence-electron chi connectivity index (χ3n) is 2.62. The number of ether oxygens (including phenoxy) is 1. The van der Waals surface area contributed by atoms with Crippen molar-refractivity contribution in [2.45, 2.75) is 45.8 Å². The van der Waals surface area contributed by atoms with Crippen molar-refractivity contribution in [1.82, 2.24) is 5.32 Å². The number of rotatable bonds is 3. The molecule has 0 radical (unpaired) electrons. The quantitative estimate of drug-likeness (QED) is 0.750. The van der Waals surface area contributed by atoms with Crippen LogP contribution in [-0.2, 0) is 14.3 Å². The van der Waals surface area contributed by atoms with Crippen LogP contribution in [0.4, 0.5) is 0 Å². The highest BCUT2D eigenvalue weighted by Crippen LogP contribution is 2.20. The van der Waals surface area contributed by atoms with Crippen LogP contribution < -0.4 is 5.32 Å². The van der Waals surface area contributed by atoms with Gasteiger partial charge in [-0.15, -0.1) is 0 Å². The maximum atomic E-state index is 11.7. The molecule has 0 saturated carbocycles. The Hall–Kier alpha value is -1.10. The van der Waals surface area contributed by atoms with E-state index in [0.29, 0.717) is 13.0 Å². The van der Waals surface area contributed by atoms with E-state index in [0.717, 1.165) is 6.42 Å². The fraction of sp³-hybridized carbons (Fsp3) is 0.818. The molecule has 0 aromatic carbocycles. The molecule has 1 amide bonds. The van der Waals surface area contributed by atoms with Crippen molar-refractivity contribution >= 4 is 11.9 Å². The number of nitrogens with one attached hydrogen (secondary N) is 1. The number of carbonyl (C=O) groups is 2. The third-order valence-corrected chi connectivity index (χ3v) is 2.62. The maximum Gasteiger partial charge on any atom is 0.326 e. The van der Waals surface area contributed by atoms with Crippen molar-refractivity contribution in [2.75, 3.05) is 6.61 Å². The first-order valence-electron chi connectivity index (χ1n) is 5.47. The van der Waals surface area contributed by atoms with Crippen LogP contribution in [0.3, 0.4) is 0 Å². The van der Waals surface area contributed by atoms with E-state index in [1.807, 2.05) is 0 Å². The summed E-state index contributed by atoms with van der Waals surface area (Å²) in [6.45, 7) is 5.91. The summed E-state index contributed by atoms with van der Waals surface area (Å²) in [5.74, 6) is -1.33. The monoisotopic (exact) mass is 229 g/mol. The molecule has 1 heterocycles. The van der Waals surface area contributed by atoms with Gasteiger partial charge >= 0.3 is 5.97 Å². The van der Waals surface area contributed by atoms with Crippen molar-refractivity contribution in [3.63, 3.8) is 0 Å². The van der Waals surface area contributed by atoms with Crippen LogP contribution in [-0.4, -0.2) is 35.7 Å².